The third-order valence-corrected chi connectivity index (χ3v) is 5.37. The van der Waals surface area contributed by atoms with Gasteiger partial charge in [-0.3, -0.25) is 0 Å². The van der Waals surface area contributed by atoms with Crippen molar-refractivity contribution < 1.29 is 0 Å². The highest BCUT2D eigenvalue weighted by atomic mass is 79.9. The van der Waals surface area contributed by atoms with Crippen LogP contribution in [0.4, 0.5) is 0 Å². The molecule has 0 spiro atoms. The SMILES string of the molecule is Cc1cc(C(Cl)c2cccc(Br)c2Cl)c(C)s1. The molecule has 1 aromatic carbocycles. The molecule has 4 heteroatoms. The van der Waals surface area contributed by atoms with E-state index in [2.05, 4.69) is 35.8 Å². The van der Waals surface area contributed by atoms with Crippen LogP contribution in [0.25, 0.3) is 0 Å². The second-order valence-electron chi connectivity index (χ2n) is 3.87. The van der Waals surface area contributed by atoms with Crippen LogP contribution in [0.3, 0.4) is 0 Å². The summed E-state index contributed by atoms with van der Waals surface area (Å²) in [6.45, 7) is 4.18. The zero-order valence-corrected chi connectivity index (χ0v) is 13.3. The lowest BCUT2D eigenvalue weighted by atomic mass is 10.0. The molecule has 0 aliphatic rings. The van der Waals surface area contributed by atoms with Gasteiger partial charge in [0.15, 0.2) is 0 Å². The molecule has 17 heavy (non-hydrogen) atoms. The molecule has 0 saturated carbocycles. The van der Waals surface area contributed by atoms with Crippen molar-refractivity contribution in [3.05, 3.63) is 54.6 Å². The van der Waals surface area contributed by atoms with Gasteiger partial charge in [0.05, 0.1) is 10.4 Å². The lowest BCUT2D eigenvalue weighted by Crippen LogP contribution is -1.94. The van der Waals surface area contributed by atoms with Crippen LogP contribution in [0, 0.1) is 13.8 Å². The molecule has 1 unspecified atom stereocenters. The summed E-state index contributed by atoms with van der Waals surface area (Å²) in [4.78, 5) is 2.52. The molecule has 0 bridgehead atoms. The van der Waals surface area contributed by atoms with Gasteiger partial charge in [-0.05, 0) is 53.0 Å². The summed E-state index contributed by atoms with van der Waals surface area (Å²) in [6.07, 6.45) is 0. The molecule has 0 aliphatic carbocycles. The summed E-state index contributed by atoms with van der Waals surface area (Å²) in [5, 5.41) is 0.501. The Morgan fingerprint density at radius 3 is 2.53 bits per heavy atom. The third kappa shape index (κ3) is 2.70. The van der Waals surface area contributed by atoms with Gasteiger partial charge in [0.2, 0.25) is 0 Å². The van der Waals surface area contributed by atoms with Gasteiger partial charge in [-0.25, -0.2) is 0 Å². The Labute approximate surface area is 124 Å². The van der Waals surface area contributed by atoms with Crippen LogP contribution in [-0.2, 0) is 0 Å². The first-order chi connectivity index (χ1) is 8.00. The first-order valence-corrected chi connectivity index (χ1v) is 7.58. The fraction of sp³-hybridized carbons (Fsp3) is 0.231. The number of halogens is 3. The van der Waals surface area contributed by atoms with Crippen LogP contribution >= 0.6 is 50.5 Å². The predicted octanol–water partition coefficient (Wildman–Crippen LogP) is 6.11. The van der Waals surface area contributed by atoms with Crippen LogP contribution in [0.2, 0.25) is 5.02 Å². The van der Waals surface area contributed by atoms with E-state index >= 15 is 0 Å². The molecule has 2 aromatic rings. The summed E-state index contributed by atoms with van der Waals surface area (Å²) in [5.41, 5.74) is 2.10. The molecule has 1 atom stereocenters. The highest BCUT2D eigenvalue weighted by Crippen LogP contribution is 2.40. The number of thiophene rings is 1. The number of benzene rings is 1. The van der Waals surface area contributed by atoms with E-state index in [1.54, 1.807) is 11.3 Å². The van der Waals surface area contributed by atoms with E-state index in [4.69, 9.17) is 23.2 Å². The summed E-state index contributed by atoms with van der Waals surface area (Å²) in [7, 11) is 0. The maximum absolute atomic E-state index is 6.53. The number of alkyl halides is 1. The fourth-order valence-electron chi connectivity index (χ4n) is 1.79. The van der Waals surface area contributed by atoms with Crippen LogP contribution in [0.1, 0.15) is 26.3 Å². The summed E-state index contributed by atoms with van der Waals surface area (Å²) in [6, 6.07) is 7.97. The van der Waals surface area contributed by atoms with Crippen molar-refractivity contribution in [3.8, 4) is 0 Å². The predicted molar refractivity (Wildman–Crippen MR) is 80.6 cm³/mol. The van der Waals surface area contributed by atoms with E-state index in [0.29, 0.717) is 5.02 Å². The molecule has 0 saturated heterocycles. The molecule has 0 radical (unpaired) electrons. The number of aryl methyl sites for hydroxylation is 2. The smallest absolute Gasteiger partial charge is 0.0860 e. The number of rotatable bonds is 2. The van der Waals surface area contributed by atoms with Crippen LogP contribution < -0.4 is 0 Å². The number of hydrogen-bond donors (Lipinski definition) is 0. The molecule has 0 fully saturated rings. The average Bonchev–Trinajstić information content (AvgIpc) is 2.61. The molecule has 2 rings (SSSR count). The van der Waals surface area contributed by atoms with Crippen LogP contribution in [0.5, 0.6) is 0 Å². The van der Waals surface area contributed by atoms with Gasteiger partial charge < -0.3 is 0 Å². The third-order valence-electron chi connectivity index (χ3n) is 2.61. The molecule has 0 amide bonds. The van der Waals surface area contributed by atoms with Crippen molar-refractivity contribution in [2.45, 2.75) is 19.2 Å². The Morgan fingerprint density at radius 1 is 1.24 bits per heavy atom. The van der Waals surface area contributed by atoms with Crippen molar-refractivity contribution in [2.24, 2.45) is 0 Å². The van der Waals surface area contributed by atoms with E-state index in [1.165, 1.54) is 9.75 Å². The van der Waals surface area contributed by atoms with Gasteiger partial charge in [-0.1, -0.05) is 23.7 Å². The molecule has 0 aliphatic heterocycles. The minimum atomic E-state index is -0.190. The zero-order valence-electron chi connectivity index (χ0n) is 9.43. The van der Waals surface area contributed by atoms with Crippen molar-refractivity contribution in [1.82, 2.24) is 0 Å². The standard InChI is InChI=1S/C13H11BrCl2S/c1-7-6-10(8(2)17-7)12(15)9-4-3-5-11(14)13(9)16/h3-6,12H,1-2H3. The van der Waals surface area contributed by atoms with Crippen molar-refractivity contribution in [2.75, 3.05) is 0 Å². The Bertz CT molecular complexity index is 548. The normalized spacial score (nSPS) is 12.8. The first-order valence-electron chi connectivity index (χ1n) is 5.15. The highest BCUT2D eigenvalue weighted by Gasteiger charge is 2.18. The molecule has 1 heterocycles. The van der Waals surface area contributed by atoms with Gasteiger partial charge in [0, 0.05) is 14.2 Å². The van der Waals surface area contributed by atoms with Crippen LogP contribution in [0.15, 0.2) is 28.7 Å². The summed E-state index contributed by atoms with van der Waals surface area (Å²) >= 11 is 18.0. The van der Waals surface area contributed by atoms with Crippen molar-refractivity contribution >= 4 is 50.5 Å². The maximum atomic E-state index is 6.53. The lowest BCUT2D eigenvalue weighted by Gasteiger charge is -2.12. The second kappa shape index (κ2) is 5.31. The molecule has 0 nitrogen and oxygen atoms in total. The monoisotopic (exact) mass is 348 g/mol. The average molecular weight is 350 g/mol. The maximum Gasteiger partial charge on any atom is 0.0860 e. The fourth-order valence-corrected chi connectivity index (χ4v) is 3.90. The highest BCUT2D eigenvalue weighted by molar-refractivity contribution is 9.10. The van der Waals surface area contributed by atoms with E-state index in [0.717, 1.165) is 15.6 Å². The van der Waals surface area contributed by atoms with Gasteiger partial charge >= 0.3 is 0 Å². The Kier molecular flexibility index (Phi) is 4.19. The largest absolute Gasteiger partial charge is 0.146 e. The topological polar surface area (TPSA) is 0 Å². The van der Waals surface area contributed by atoms with Gasteiger partial charge in [0.25, 0.3) is 0 Å². The quantitative estimate of drug-likeness (QED) is 0.574. The molecule has 90 valence electrons. The molecular formula is C13H11BrCl2S. The minimum absolute atomic E-state index is 0.190. The minimum Gasteiger partial charge on any atom is -0.146 e. The van der Waals surface area contributed by atoms with Crippen molar-refractivity contribution in [1.29, 1.82) is 0 Å². The Balaban J connectivity index is 2.47. The number of hydrogen-bond acceptors (Lipinski definition) is 1. The molecule has 1 aromatic heterocycles. The van der Waals surface area contributed by atoms with Crippen LogP contribution in [-0.4, -0.2) is 0 Å². The first kappa shape index (κ1) is 13.4. The Hall–Kier alpha value is -0.0200. The zero-order chi connectivity index (χ0) is 12.6. The van der Waals surface area contributed by atoms with Gasteiger partial charge in [-0.15, -0.1) is 22.9 Å². The van der Waals surface area contributed by atoms with E-state index in [9.17, 15) is 0 Å². The molecule has 0 N–H and O–H groups in total. The van der Waals surface area contributed by atoms with Gasteiger partial charge in [-0.2, -0.15) is 0 Å². The van der Waals surface area contributed by atoms with Crippen molar-refractivity contribution in [3.63, 3.8) is 0 Å². The van der Waals surface area contributed by atoms with Gasteiger partial charge in [0.1, 0.15) is 0 Å². The summed E-state index contributed by atoms with van der Waals surface area (Å²) in [5.74, 6) is 0. The van der Waals surface area contributed by atoms with E-state index < -0.39 is 0 Å². The van der Waals surface area contributed by atoms with E-state index in [-0.39, 0.29) is 5.38 Å². The second-order valence-corrected chi connectivity index (χ2v) is 7.00. The lowest BCUT2D eigenvalue weighted by molar-refractivity contribution is 1.13. The molecular weight excluding hydrogens is 339 g/mol. The Morgan fingerprint density at radius 2 is 1.94 bits per heavy atom. The van der Waals surface area contributed by atoms with E-state index in [1.807, 2.05) is 18.2 Å². The summed E-state index contributed by atoms with van der Waals surface area (Å²) < 4.78 is 0.881.